The van der Waals surface area contributed by atoms with Gasteiger partial charge in [0.15, 0.2) is 0 Å². The second-order valence-corrected chi connectivity index (χ2v) is 4.23. The minimum Gasteiger partial charge on any atom is -0.387 e. The summed E-state index contributed by atoms with van der Waals surface area (Å²) in [7, 11) is 1.94. The van der Waals surface area contributed by atoms with Crippen molar-refractivity contribution >= 4 is 0 Å². The molecule has 1 N–H and O–H groups in total. The maximum Gasteiger partial charge on any atom is 0.129 e. The van der Waals surface area contributed by atoms with Gasteiger partial charge in [-0.1, -0.05) is 25.1 Å². The smallest absolute Gasteiger partial charge is 0.129 e. The van der Waals surface area contributed by atoms with E-state index in [2.05, 4.69) is 13.8 Å². The molecular formula is C13H20FNO. The number of rotatable bonds is 5. The van der Waals surface area contributed by atoms with Gasteiger partial charge in [0.05, 0.1) is 6.10 Å². The van der Waals surface area contributed by atoms with Crippen LogP contribution in [0.15, 0.2) is 24.3 Å². The van der Waals surface area contributed by atoms with Crippen molar-refractivity contribution in [3.63, 3.8) is 0 Å². The molecule has 0 aromatic heterocycles. The largest absolute Gasteiger partial charge is 0.387 e. The van der Waals surface area contributed by atoms with E-state index in [0.29, 0.717) is 18.2 Å². The number of aliphatic hydroxyl groups excluding tert-OH is 1. The first kappa shape index (κ1) is 13.1. The summed E-state index contributed by atoms with van der Waals surface area (Å²) in [4.78, 5) is 2.04. The molecule has 1 rings (SSSR count). The number of benzene rings is 1. The third-order valence-electron chi connectivity index (χ3n) is 3.07. The molecule has 1 aromatic carbocycles. The molecule has 0 aliphatic carbocycles. The molecule has 2 unspecified atom stereocenters. The normalized spacial score (nSPS) is 15.1. The second-order valence-electron chi connectivity index (χ2n) is 4.23. The third kappa shape index (κ3) is 3.29. The van der Waals surface area contributed by atoms with E-state index in [1.165, 1.54) is 6.07 Å². The third-order valence-corrected chi connectivity index (χ3v) is 3.07. The van der Waals surface area contributed by atoms with Crippen LogP contribution < -0.4 is 0 Å². The zero-order valence-corrected chi connectivity index (χ0v) is 10.2. The average molecular weight is 225 g/mol. The van der Waals surface area contributed by atoms with Gasteiger partial charge in [-0.25, -0.2) is 4.39 Å². The van der Waals surface area contributed by atoms with E-state index in [1.54, 1.807) is 18.2 Å². The molecule has 16 heavy (non-hydrogen) atoms. The molecule has 2 nitrogen and oxygen atoms in total. The van der Waals surface area contributed by atoms with E-state index < -0.39 is 6.10 Å². The van der Waals surface area contributed by atoms with E-state index in [-0.39, 0.29) is 5.82 Å². The highest BCUT2D eigenvalue weighted by molar-refractivity contribution is 5.20. The highest BCUT2D eigenvalue weighted by Gasteiger charge is 2.16. The highest BCUT2D eigenvalue weighted by atomic mass is 19.1. The van der Waals surface area contributed by atoms with Crippen LogP contribution in [0.5, 0.6) is 0 Å². The van der Waals surface area contributed by atoms with Crippen molar-refractivity contribution in [2.75, 3.05) is 13.6 Å². The van der Waals surface area contributed by atoms with Crippen LogP contribution in [0.3, 0.4) is 0 Å². The summed E-state index contributed by atoms with van der Waals surface area (Å²) in [6.45, 7) is 4.64. The lowest BCUT2D eigenvalue weighted by Crippen LogP contribution is -2.32. The molecule has 0 heterocycles. The quantitative estimate of drug-likeness (QED) is 0.832. The van der Waals surface area contributed by atoms with Crippen LogP contribution in [-0.2, 0) is 0 Å². The lowest BCUT2D eigenvalue weighted by atomic mass is 10.1. The zero-order valence-electron chi connectivity index (χ0n) is 10.2. The van der Waals surface area contributed by atoms with Crippen LogP contribution in [0.2, 0.25) is 0 Å². The minimum absolute atomic E-state index is 0.340. The molecule has 0 radical (unpaired) electrons. The Morgan fingerprint density at radius 2 is 2.00 bits per heavy atom. The Hall–Kier alpha value is -0.930. The average Bonchev–Trinajstić information content (AvgIpc) is 2.28. The summed E-state index contributed by atoms with van der Waals surface area (Å²) in [6.07, 6.45) is 0.251. The Morgan fingerprint density at radius 3 is 2.56 bits per heavy atom. The topological polar surface area (TPSA) is 23.5 Å². The maximum absolute atomic E-state index is 13.4. The van der Waals surface area contributed by atoms with Crippen LogP contribution in [0.1, 0.15) is 31.9 Å². The molecule has 1 aromatic rings. The predicted molar refractivity (Wildman–Crippen MR) is 63.7 cm³/mol. The fourth-order valence-electron chi connectivity index (χ4n) is 1.61. The van der Waals surface area contributed by atoms with Gasteiger partial charge in [0.25, 0.3) is 0 Å². The molecule has 90 valence electrons. The first-order chi connectivity index (χ1) is 7.56. The molecule has 0 saturated heterocycles. The molecule has 0 spiro atoms. The molecule has 0 aliphatic heterocycles. The monoisotopic (exact) mass is 225 g/mol. The summed E-state index contributed by atoms with van der Waals surface area (Å²) in [5.41, 5.74) is 0.373. The van der Waals surface area contributed by atoms with Crippen LogP contribution in [-0.4, -0.2) is 29.6 Å². The lowest BCUT2D eigenvalue weighted by molar-refractivity contribution is 0.104. The van der Waals surface area contributed by atoms with Crippen molar-refractivity contribution < 1.29 is 9.50 Å². The molecular weight excluding hydrogens is 205 g/mol. The van der Waals surface area contributed by atoms with Gasteiger partial charge in [-0.3, -0.25) is 0 Å². The van der Waals surface area contributed by atoms with E-state index in [4.69, 9.17) is 0 Å². The Bertz CT molecular complexity index is 329. The number of halogens is 1. The Kier molecular flexibility index (Phi) is 4.90. The van der Waals surface area contributed by atoms with Crippen LogP contribution >= 0.6 is 0 Å². The number of nitrogens with zero attached hydrogens (tertiary/aromatic N) is 1. The fourth-order valence-corrected chi connectivity index (χ4v) is 1.61. The van der Waals surface area contributed by atoms with Crippen molar-refractivity contribution in [1.82, 2.24) is 4.90 Å². The Labute approximate surface area is 96.7 Å². The summed E-state index contributed by atoms with van der Waals surface area (Å²) in [6, 6.07) is 6.77. The Morgan fingerprint density at radius 1 is 1.38 bits per heavy atom. The fraction of sp³-hybridized carbons (Fsp3) is 0.538. The second kappa shape index (κ2) is 5.97. The van der Waals surface area contributed by atoms with Gasteiger partial charge < -0.3 is 10.0 Å². The van der Waals surface area contributed by atoms with Gasteiger partial charge in [0.2, 0.25) is 0 Å². The molecule has 0 saturated carbocycles. The molecule has 3 heteroatoms. The molecule has 0 fully saturated rings. The van der Waals surface area contributed by atoms with Gasteiger partial charge in [-0.05, 0) is 26.5 Å². The van der Waals surface area contributed by atoms with Gasteiger partial charge >= 0.3 is 0 Å². The van der Waals surface area contributed by atoms with Crippen molar-refractivity contribution in [3.8, 4) is 0 Å². The molecule has 0 amide bonds. The molecule has 0 aliphatic rings. The van der Waals surface area contributed by atoms with Crippen LogP contribution in [0, 0.1) is 5.82 Å². The predicted octanol–water partition coefficient (Wildman–Crippen LogP) is 2.59. The van der Waals surface area contributed by atoms with E-state index in [1.807, 2.05) is 11.9 Å². The Balaban J connectivity index is 2.65. The van der Waals surface area contributed by atoms with E-state index in [0.717, 1.165) is 6.42 Å². The summed E-state index contributed by atoms with van der Waals surface area (Å²) >= 11 is 0. The van der Waals surface area contributed by atoms with Crippen molar-refractivity contribution in [2.45, 2.75) is 32.4 Å². The van der Waals surface area contributed by atoms with E-state index >= 15 is 0 Å². The van der Waals surface area contributed by atoms with Crippen molar-refractivity contribution in [2.24, 2.45) is 0 Å². The van der Waals surface area contributed by atoms with Gasteiger partial charge in [0, 0.05) is 18.2 Å². The number of aliphatic hydroxyl groups is 1. The number of likely N-dealkylation sites (N-methyl/N-ethyl adjacent to an activating group) is 1. The molecule has 0 bridgehead atoms. The standard InChI is InChI=1S/C13H20FNO/c1-4-10(2)15(3)9-13(16)11-7-5-6-8-12(11)14/h5-8,10,13,16H,4,9H2,1-3H3. The summed E-state index contributed by atoms with van der Waals surface area (Å²) in [5, 5.41) is 9.93. The zero-order chi connectivity index (χ0) is 12.1. The lowest BCUT2D eigenvalue weighted by Gasteiger charge is -2.26. The van der Waals surface area contributed by atoms with Crippen LogP contribution in [0.4, 0.5) is 4.39 Å². The maximum atomic E-state index is 13.4. The van der Waals surface area contributed by atoms with Gasteiger partial charge in [-0.2, -0.15) is 0 Å². The number of hydrogen-bond acceptors (Lipinski definition) is 2. The first-order valence-electron chi connectivity index (χ1n) is 5.69. The van der Waals surface area contributed by atoms with Crippen molar-refractivity contribution in [1.29, 1.82) is 0 Å². The van der Waals surface area contributed by atoms with E-state index in [9.17, 15) is 9.50 Å². The summed E-state index contributed by atoms with van der Waals surface area (Å²) in [5.74, 6) is -0.340. The van der Waals surface area contributed by atoms with Gasteiger partial charge in [0.1, 0.15) is 5.82 Å². The number of hydrogen-bond donors (Lipinski definition) is 1. The summed E-state index contributed by atoms with van der Waals surface area (Å²) < 4.78 is 13.4. The molecule has 2 atom stereocenters. The first-order valence-corrected chi connectivity index (χ1v) is 5.69. The van der Waals surface area contributed by atoms with Crippen LogP contribution in [0.25, 0.3) is 0 Å². The highest BCUT2D eigenvalue weighted by Crippen LogP contribution is 2.18. The SMILES string of the molecule is CCC(C)N(C)CC(O)c1ccccc1F. The minimum atomic E-state index is -0.764. The van der Waals surface area contributed by atoms with Gasteiger partial charge in [-0.15, -0.1) is 0 Å². The van der Waals surface area contributed by atoms with Crippen molar-refractivity contribution in [3.05, 3.63) is 35.6 Å².